The van der Waals surface area contributed by atoms with Crippen LogP contribution in [0.25, 0.3) is 0 Å². The molecule has 5 rings (SSSR count). The highest BCUT2D eigenvalue weighted by Crippen LogP contribution is 2.77. The Kier molecular flexibility index (Phi) is 15.8. The van der Waals surface area contributed by atoms with Gasteiger partial charge in [-0.2, -0.15) is 0 Å². The Balaban J connectivity index is 1.45. The first-order chi connectivity index (χ1) is 28.5. The Morgan fingerprint density at radius 3 is 2.00 bits per heavy atom. The Labute approximate surface area is 357 Å². The number of aliphatic hydroxyl groups is 2. The second kappa shape index (κ2) is 20.0. The molecule has 0 amide bonds. The summed E-state index contributed by atoms with van der Waals surface area (Å²) in [6.45, 7) is 11.4. The number of fused-ring (bicyclic) bond motifs is 5. The van der Waals surface area contributed by atoms with Crippen molar-refractivity contribution in [2.45, 2.75) is 180 Å². The number of methoxy groups -OCH3 is 1. The molecule has 0 unspecified atom stereocenters. The minimum Gasteiger partial charge on any atom is -0.504 e. The van der Waals surface area contributed by atoms with Crippen LogP contribution >= 0.6 is 0 Å². The van der Waals surface area contributed by atoms with Crippen molar-refractivity contribution in [3.8, 4) is 11.5 Å². The van der Waals surface area contributed by atoms with E-state index in [1.807, 2.05) is 19.9 Å². The summed E-state index contributed by atoms with van der Waals surface area (Å²) in [6.07, 6.45) is 16.9. The van der Waals surface area contributed by atoms with Gasteiger partial charge in [0.1, 0.15) is 18.3 Å². The van der Waals surface area contributed by atoms with E-state index in [4.69, 9.17) is 18.9 Å². The van der Waals surface area contributed by atoms with E-state index in [0.717, 1.165) is 51.4 Å². The molecule has 8 atom stereocenters. The van der Waals surface area contributed by atoms with E-state index in [9.17, 15) is 34.5 Å². The first-order valence-electron chi connectivity index (χ1n) is 22.8. The van der Waals surface area contributed by atoms with Crippen LogP contribution in [0.5, 0.6) is 11.5 Å². The van der Waals surface area contributed by atoms with Crippen LogP contribution in [0.15, 0.2) is 41.5 Å². The lowest BCUT2D eigenvalue weighted by Crippen LogP contribution is -2.66. The van der Waals surface area contributed by atoms with E-state index in [0.29, 0.717) is 29.6 Å². The van der Waals surface area contributed by atoms with Crippen molar-refractivity contribution in [2.24, 2.45) is 29.1 Å². The number of ether oxygens (including phenoxy) is 4. The van der Waals surface area contributed by atoms with Crippen LogP contribution in [0, 0.1) is 29.1 Å². The monoisotopic (exact) mass is 837 g/mol. The fourth-order valence-electron chi connectivity index (χ4n) is 10.9. The Morgan fingerprint density at radius 2 is 1.40 bits per heavy atom. The van der Waals surface area contributed by atoms with Gasteiger partial charge in [-0.1, -0.05) is 130 Å². The smallest absolute Gasteiger partial charge is 0.310 e. The number of phenolic OH excluding ortho intramolecular Hbond substituents is 1. The Bertz CT molecular complexity index is 1760. The standard InChI is InChI=1S/C49H72O11/c1-8-10-12-14-16-18-20-22-40(51)59-45-33(4)48(56)36(43-46(5,6)49(43,45)60-41(52)23-21-19-17-15-13-11-9-2)27-35(30-47(55)39(48)26-32(3)44(47)54)31-58-42(53)29-34-24-25-37(50)38(28-34)57-7/h24-28,33,36,39,43,45,50,55-56H,8-23,29-31H2,1-7H3/t33-,36+,39-,43-,45-,47+,48+,49-/m1/s1. The zero-order chi connectivity index (χ0) is 43.9. The lowest BCUT2D eigenvalue weighted by molar-refractivity contribution is -0.229. The molecule has 2 fully saturated rings. The summed E-state index contributed by atoms with van der Waals surface area (Å²) in [5.41, 5.74) is -4.67. The molecule has 0 aromatic heterocycles. The van der Waals surface area contributed by atoms with Crippen LogP contribution in [0.2, 0.25) is 0 Å². The highest BCUT2D eigenvalue weighted by atomic mass is 16.6. The summed E-state index contributed by atoms with van der Waals surface area (Å²) in [4.78, 5) is 54.8. The number of aromatic hydroxyl groups is 1. The van der Waals surface area contributed by atoms with Crippen LogP contribution in [-0.4, -0.2) is 75.6 Å². The van der Waals surface area contributed by atoms with Gasteiger partial charge in [0.05, 0.1) is 19.1 Å². The van der Waals surface area contributed by atoms with Crippen molar-refractivity contribution >= 4 is 23.7 Å². The minimum atomic E-state index is -2.07. The molecular weight excluding hydrogens is 765 g/mol. The van der Waals surface area contributed by atoms with Gasteiger partial charge in [0.2, 0.25) is 0 Å². The molecule has 11 nitrogen and oxygen atoms in total. The average molecular weight is 837 g/mol. The number of carbonyl (C=O) groups excluding carboxylic acids is 4. The highest BCUT2D eigenvalue weighted by Gasteiger charge is 2.88. The van der Waals surface area contributed by atoms with Gasteiger partial charge >= 0.3 is 17.9 Å². The average Bonchev–Trinajstić information content (AvgIpc) is 3.63. The van der Waals surface area contributed by atoms with Crippen molar-refractivity contribution in [3.63, 3.8) is 0 Å². The molecule has 1 aromatic rings. The molecule has 60 heavy (non-hydrogen) atoms. The molecule has 0 saturated heterocycles. The van der Waals surface area contributed by atoms with Crippen LogP contribution < -0.4 is 4.74 Å². The third kappa shape index (κ3) is 9.52. The minimum absolute atomic E-state index is 0.0620. The quantitative estimate of drug-likeness (QED) is 0.0417. The first kappa shape index (κ1) is 47.4. The SMILES string of the molecule is CCCCCCCCCC(=O)O[C@@H]1[C@@H](C)[C@]2(O)[C@@H](C=C(COC(=O)Cc3ccc(O)c(OC)c3)C[C@@]3(O)C(=O)C(C)=C[C@@H]23)[C@@H]2C(C)(C)[C@]12OC(=O)CCCCCCCCC. The molecule has 0 spiro atoms. The van der Waals surface area contributed by atoms with E-state index < -0.39 is 69.7 Å². The molecule has 11 heteroatoms. The molecule has 4 aliphatic rings. The summed E-state index contributed by atoms with van der Waals surface area (Å²) >= 11 is 0. The van der Waals surface area contributed by atoms with Crippen molar-refractivity contribution in [1.82, 2.24) is 0 Å². The third-order valence-electron chi connectivity index (χ3n) is 14.3. The van der Waals surface area contributed by atoms with Crippen LogP contribution in [0.3, 0.4) is 0 Å². The fraction of sp³-hybridized carbons (Fsp3) is 0.714. The van der Waals surface area contributed by atoms with Crippen molar-refractivity contribution in [2.75, 3.05) is 13.7 Å². The normalized spacial score (nSPS) is 29.9. The number of Topliss-reactive ketones (excluding diaryl/α,β-unsaturated/α-hetero) is 1. The molecule has 0 heterocycles. The van der Waals surface area contributed by atoms with Crippen LogP contribution in [0.4, 0.5) is 0 Å². The number of carbonyl (C=O) groups is 4. The maximum absolute atomic E-state index is 13.9. The molecule has 334 valence electrons. The van der Waals surface area contributed by atoms with Crippen LogP contribution in [0.1, 0.15) is 156 Å². The molecule has 0 aliphatic heterocycles. The van der Waals surface area contributed by atoms with Gasteiger partial charge in [-0.25, -0.2) is 0 Å². The largest absolute Gasteiger partial charge is 0.504 e. The number of rotatable bonds is 23. The van der Waals surface area contributed by atoms with Crippen LogP contribution in [-0.2, 0) is 39.8 Å². The maximum atomic E-state index is 13.9. The van der Waals surface area contributed by atoms with E-state index in [1.165, 1.54) is 38.9 Å². The lowest BCUT2D eigenvalue weighted by atomic mass is 9.59. The van der Waals surface area contributed by atoms with E-state index in [-0.39, 0.29) is 49.8 Å². The van der Waals surface area contributed by atoms with E-state index in [2.05, 4.69) is 13.8 Å². The number of unbranched alkanes of at least 4 members (excludes halogenated alkanes) is 12. The second-order valence-corrected chi connectivity index (χ2v) is 18.7. The molecular formula is C49H72O11. The predicted molar refractivity (Wildman–Crippen MR) is 228 cm³/mol. The van der Waals surface area contributed by atoms with Gasteiger partial charge in [-0.15, -0.1) is 0 Å². The zero-order valence-corrected chi connectivity index (χ0v) is 37.3. The van der Waals surface area contributed by atoms with Crippen molar-refractivity contribution < 1.29 is 53.4 Å². The zero-order valence-electron chi connectivity index (χ0n) is 37.3. The summed E-state index contributed by atoms with van der Waals surface area (Å²) in [5, 5.41) is 35.8. The summed E-state index contributed by atoms with van der Waals surface area (Å²) < 4.78 is 24.0. The van der Waals surface area contributed by atoms with Gasteiger partial charge in [-0.05, 0) is 48.6 Å². The first-order valence-corrected chi connectivity index (χ1v) is 22.8. The van der Waals surface area contributed by atoms with Gasteiger partial charge in [-0.3, -0.25) is 19.2 Å². The molecule has 2 saturated carbocycles. The Hall–Kier alpha value is -3.70. The highest BCUT2D eigenvalue weighted by molar-refractivity contribution is 6.05. The molecule has 0 radical (unpaired) electrons. The van der Waals surface area contributed by atoms with Gasteiger partial charge < -0.3 is 34.3 Å². The third-order valence-corrected chi connectivity index (χ3v) is 14.3. The fourth-order valence-corrected chi connectivity index (χ4v) is 10.9. The second-order valence-electron chi connectivity index (χ2n) is 18.7. The number of phenols is 1. The van der Waals surface area contributed by atoms with Crippen molar-refractivity contribution in [1.29, 1.82) is 0 Å². The number of hydrogen-bond acceptors (Lipinski definition) is 11. The summed E-state index contributed by atoms with van der Waals surface area (Å²) in [7, 11) is 1.42. The molecule has 3 N–H and O–H groups in total. The van der Waals surface area contributed by atoms with Gasteiger partial charge in [0.25, 0.3) is 0 Å². The topological polar surface area (TPSA) is 166 Å². The molecule has 0 bridgehead atoms. The Morgan fingerprint density at radius 1 is 0.817 bits per heavy atom. The van der Waals surface area contributed by atoms with Gasteiger partial charge in [0, 0.05) is 48.3 Å². The van der Waals surface area contributed by atoms with Gasteiger partial charge in [0.15, 0.2) is 22.9 Å². The number of esters is 3. The molecule has 4 aliphatic carbocycles. The predicted octanol–water partition coefficient (Wildman–Crippen LogP) is 8.82. The lowest BCUT2D eigenvalue weighted by Gasteiger charge is -2.53. The summed E-state index contributed by atoms with van der Waals surface area (Å²) in [5.74, 6) is -5.09. The number of ketones is 1. The van der Waals surface area contributed by atoms with E-state index in [1.54, 1.807) is 32.1 Å². The summed E-state index contributed by atoms with van der Waals surface area (Å²) in [6, 6.07) is 4.57. The number of benzene rings is 1. The molecule has 1 aromatic carbocycles. The maximum Gasteiger partial charge on any atom is 0.310 e. The van der Waals surface area contributed by atoms with E-state index >= 15 is 0 Å². The van der Waals surface area contributed by atoms with Crippen molar-refractivity contribution in [3.05, 3.63) is 47.1 Å². The number of hydrogen-bond donors (Lipinski definition) is 3.